The number of benzene rings is 1. The molecule has 0 unspecified atom stereocenters. The van der Waals surface area contributed by atoms with Crippen molar-refractivity contribution in [1.29, 1.82) is 0 Å². The van der Waals surface area contributed by atoms with Gasteiger partial charge in [0.1, 0.15) is 12.4 Å². The van der Waals surface area contributed by atoms with Gasteiger partial charge in [-0.15, -0.1) is 11.3 Å². The van der Waals surface area contributed by atoms with Crippen molar-refractivity contribution in [3.8, 4) is 5.75 Å². The fourth-order valence-electron chi connectivity index (χ4n) is 3.42. The van der Waals surface area contributed by atoms with E-state index in [2.05, 4.69) is 97.1 Å². The van der Waals surface area contributed by atoms with Crippen LogP contribution in [0.4, 0.5) is 0 Å². The topological polar surface area (TPSA) is 9.23 Å². The molecule has 1 nitrogen and oxygen atoms in total. The summed E-state index contributed by atoms with van der Waals surface area (Å²) in [5.74, 6) is 0.974. The summed E-state index contributed by atoms with van der Waals surface area (Å²) in [5.41, 5.74) is 4.35. The fourth-order valence-corrected chi connectivity index (χ4v) is 5.38. The first-order valence-corrected chi connectivity index (χ1v) is 11.2. The highest BCUT2D eigenvalue weighted by Crippen LogP contribution is 2.47. The average molecular weight is 531 g/mol. The van der Waals surface area contributed by atoms with E-state index in [1.807, 2.05) is 0 Å². The van der Waals surface area contributed by atoms with Gasteiger partial charge in [0.25, 0.3) is 0 Å². The van der Waals surface area contributed by atoms with Crippen molar-refractivity contribution in [3.63, 3.8) is 0 Å². The number of hydrogen-bond acceptors (Lipinski definition) is 2. The number of hydrogen-bond donors (Lipinski definition) is 0. The second kappa shape index (κ2) is 7.01. The maximum Gasteiger partial charge on any atom is 0.133 e. The average Bonchev–Trinajstić information content (AvgIpc) is 2.97. The standard InChI is InChI=1S/C21H24BrIOS/c1-13(18-6-7-19(22)25-18)12-24-17-11-15-14(10-16(17)23)20(2,3)8-9-21(15,4)5/h6-7,10-11H,1,8-9,12H2,2-5H3. The number of halogens is 2. The van der Waals surface area contributed by atoms with E-state index >= 15 is 0 Å². The van der Waals surface area contributed by atoms with Crippen LogP contribution in [0.5, 0.6) is 5.75 Å². The molecule has 0 saturated heterocycles. The van der Waals surface area contributed by atoms with E-state index in [4.69, 9.17) is 4.74 Å². The Balaban J connectivity index is 1.87. The summed E-state index contributed by atoms with van der Waals surface area (Å²) in [6, 6.07) is 8.74. The third-order valence-corrected chi connectivity index (χ3v) is 7.80. The Hall–Kier alpha value is -0.330. The molecule has 0 radical (unpaired) electrons. The van der Waals surface area contributed by atoms with Gasteiger partial charge >= 0.3 is 0 Å². The Morgan fingerprint density at radius 2 is 1.76 bits per heavy atom. The van der Waals surface area contributed by atoms with Crippen LogP contribution in [0.15, 0.2) is 34.6 Å². The maximum atomic E-state index is 6.17. The molecule has 2 aromatic rings. The van der Waals surface area contributed by atoms with Crippen LogP contribution in [-0.4, -0.2) is 6.61 Å². The molecule has 1 aromatic carbocycles. The number of thiophene rings is 1. The van der Waals surface area contributed by atoms with E-state index in [9.17, 15) is 0 Å². The highest BCUT2D eigenvalue weighted by atomic mass is 127. The van der Waals surface area contributed by atoms with Crippen LogP contribution in [0.25, 0.3) is 5.57 Å². The zero-order valence-electron chi connectivity index (χ0n) is 15.2. The van der Waals surface area contributed by atoms with E-state index in [0.29, 0.717) is 6.61 Å². The second-order valence-electron chi connectivity index (χ2n) is 8.09. The maximum absolute atomic E-state index is 6.17. The van der Waals surface area contributed by atoms with Crippen molar-refractivity contribution in [2.75, 3.05) is 6.61 Å². The van der Waals surface area contributed by atoms with Gasteiger partial charge in [-0.25, -0.2) is 0 Å². The molecule has 0 N–H and O–H groups in total. The third-order valence-electron chi connectivity index (χ3n) is 5.23. The lowest BCUT2D eigenvalue weighted by Crippen LogP contribution is -2.34. The van der Waals surface area contributed by atoms with Gasteiger partial charge in [-0.05, 0) is 103 Å². The molecule has 1 heterocycles. The van der Waals surface area contributed by atoms with E-state index in [1.165, 1.54) is 32.4 Å². The highest BCUT2D eigenvalue weighted by Gasteiger charge is 2.37. The van der Waals surface area contributed by atoms with Crippen LogP contribution in [0.1, 0.15) is 56.5 Å². The molecule has 25 heavy (non-hydrogen) atoms. The molecule has 134 valence electrons. The normalized spacial score (nSPS) is 17.8. The summed E-state index contributed by atoms with van der Waals surface area (Å²) in [6.45, 7) is 14.1. The van der Waals surface area contributed by atoms with Gasteiger partial charge in [0.15, 0.2) is 0 Å². The zero-order chi connectivity index (χ0) is 18.4. The smallest absolute Gasteiger partial charge is 0.133 e. The summed E-state index contributed by atoms with van der Waals surface area (Å²) in [6.07, 6.45) is 2.44. The van der Waals surface area contributed by atoms with Crippen LogP contribution in [0.3, 0.4) is 0 Å². The first-order chi connectivity index (χ1) is 11.6. The summed E-state index contributed by atoms with van der Waals surface area (Å²) in [5, 5.41) is 0. The van der Waals surface area contributed by atoms with Crippen molar-refractivity contribution < 1.29 is 4.74 Å². The fraction of sp³-hybridized carbons (Fsp3) is 0.429. The molecule has 0 saturated carbocycles. The van der Waals surface area contributed by atoms with Crippen LogP contribution in [-0.2, 0) is 10.8 Å². The molecule has 0 fully saturated rings. The lowest BCUT2D eigenvalue weighted by Gasteiger charge is -2.42. The Morgan fingerprint density at radius 1 is 1.16 bits per heavy atom. The van der Waals surface area contributed by atoms with Crippen LogP contribution < -0.4 is 4.74 Å². The molecule has 0 spiro atoms. The molecule has 4 heteroatoms. The van der Waals surface area contributed by atoms with Crippen molar-refractivity contribution >= 4 is 55.4 Å². The number of rotatable bonds is 4. The van der Waals surface area contributed by atoms with E-state index < -0.39 is 0 Å². The minimum atomic E-state index is 0.197. The predicted molar refractivity (Wildman–Crippen MR) is 121 cm³/mol. The van der Waals surface area contributed by atoms with Gasteiger partial charge in [0.2, 0.25) is 0 Å². The van der Waals surface area contributed by atoms with Gasteiger partial charge in [0, 0.05) is 4.88 Å². The molecule has 1 aliphatic rings. The molecule has 1 aromatic heterocycles. The van der Waals surface area contributed by atoms with E-state index in [-0.39, 0.29) is 10.8 Å². The minimum Gasteiger partial charge on any atom is -0.488 e. The molecule has 0 amide bonds. The van der Waals surface area contributed by atoms with Gasteiger partial charge < -0.3 is 4.74 Å². The minimum absolute atomic E-state index is 0.197. The number of fused-ring (bicyclic) bond motifs is 1. The molecular formula is C21H24BrIOS. The van der Waals surface area contributed by atoms with Crippen molar-refractivity contribution in [3.05, 3.63) is 54.2 Å². The van der Waals surface area contributed by atoms with Gasteiger partial charge in [0.05, 0.1) is 7.36 Å². The van der Waals surface area contributed by atoms with Crippen molar-refractivity contribution in [1.82, 2.24) is 0 Å². The zero-order valence-corrected chi connectivity index (χ0v) is 19.8. The summed E-state index contributed by atoms with van der Waals surface area (Å²) < 4.78 is 8.48. The summed E-state index contributed by atoms with van der Waals surface area (Å²) in [4.78, 5) is 1.17. The van der Waals surface area contributed by atoms with Crippen molar-refractivity contribution in [2.24, 2.45) is 0 Å². The molecule has 0 atom stereocenters. The largest absolute Gasteiger partial charge is 0.488 e. The Kier molecular flexibility index (Phi) is 5.45. The quantitative estimate of drug-likeness (QED) is 0.370. The summed E-state index contributed by atoms with van der Waals surface area (Å²) in [7, 11) is 0. The molecule has 3 rings (SSSR count). The van der Waals surface area contributed by atoms with Crippen LogP contribution >= 0.6 is 49.9 Å². The SMILES string of the molecule is C=C(COc1cc2c(cc1I)C(C)(C)CCC2(C)C)c1ccc(Br)s1. The van der Waals surface area contributed by atoms with Crippen LogP contribution in [0, 0.1) is 3.57 Å². The van der Waals surface area contributed by atoms with Gasteiger partial charge in [-0.2, -0.15) is 0 Å². The summed E-state index contributed by atoms with van der Waals surface area (Å²) >= 11 is 7.60. The lowest BCUT2D eigenvalue weighted by atomic mass is 9.63. The second-order valence-corrected chi connectivity index (χ2v) is 11.7. The van der Waals surface area contributed by atoms with E-state index in [1.54, 1.807) is 11.3 Å². The van der Waals surface area contributed by atoms with E-state index in [0.717, 1.165) is 15.1 Å². The molecule has 0 aliphatic heterocycles. The molecule has 0 bridgehead atoms. The predicted octanol–water partition coefficient (Wildman–Crippen LogP) is 7.56. The van der Waals surface area contributed by atoms with Gasteiger partial charge in [-0.3, -0.25) is 0 Å². The Morgan fingerprint density at radius 3 is 2.32 bits per heavy atom. The molecular weight excluding hydrogens is 507 g/mol. The van der Waals surface area contributed by atoms with Gasteiger partial charge in [-0.1, -0.05) is 34.3 Å². The first kappa shape index (κ1) is 19.4. The first-order valence-electron chi connectivity index (χ1n) is 8.51. The Labute approximate surface area is 177 Å². The highest BCUT2D eigenvalue weighted by molar-refractivity contribution is 14.1. The third kappa shape index (κ3) is 4.01. The lowest BCUT2D eigenvalue weighted by molar-refractivity contribution is 0.325. The van der Waals surface area contributed by atoms with Crippen LogP contribution in [0.2, 0.25) is 0 Å². The monoisotopic (exact) mass is 530 g/mol. The van der Waals surface area contributed by atoms with Crippen molar-refractivity contribution in [2.45, 2.75) is 51.4 Å². The Bertz CT molecular complexity index is 819. The number of ether oxygens (including phenoxy) is 1. The molecule has 1 aliphatic carbocycles.